The molecule has 7 heteroatoms. The quantitative estimate of drug-likeness (QED) is 0.905. The molecule has 0 aliphatic carbocycles. The summed E-state index contributed by atoms with van der Waals surface area (Å²) in [4.78, 5) is 0. The van der Waals surface area contributed by atoms with Crippen LogP contribution in [0.25, 0.3) is 0 Å². The van der Waals surface area contributed by atoms with E-state index in [-0.39, 0.29) is 16.5 Å². The molecule has 0 unspecified atom stereocenters. The van der Waals surface area contributed by atoms with Crippen LogP contribution < -0.4 is 4.72 Å². The van der Waals surface area contributed by atoms with Crippen molar-refractivity contribution >= 4 is 27.0 Å². The zero-order valence-corrected chi connectivity index (χ0v) is 10.8. The Morgan fingerprint density at radius 2 is 2.11 bits per heavy atom. The lowest BCUT2D eigenvalue weighted by Crippen LogP contribution is -2.11. The Morgan fingerprint density at radius 1 is 1.33 bits per heavy atom. The van der Waals surface area contributed by atoms with E-state index >= 15 is 0 Å². The molecule has 0 radical (unpaired) electrons. The van der Waals surface area contributed by atoms with Crippen molar-refractivity contribution in [2.45, 2.75) is 10.8 Å². The highest BCUT2D eigenvalue weighted by Crippen LogP contribution is 2.23. The normalized spacial score (nSPS) is 11.4. The monoisotopic (exact) mass is 287 g/mol. The third-order valence-electron chi connectivity index (χ3n) is 2.15. The second-order valence-corrected chi connectivity index (χ2v) is 6.37. The van der Waals surface area contributed by atoms with Gasteiger partial charge in [-0.2, -0.15) is 0 Å². The van der Waals surface area contributed by atoms with Crippen LogP contribution in [0, 0.1) is 5.82 Å². The highest BCUT2D eigenvalue weighted by molar-refractivity contribution is 7.94. The number of sulfonamides is 1. The van der Waals surface area contributed by atoms with Gasteiger partial charge in [0.25, 0.3) is 10.0 Å². The predicted octanol–water partition coefficient (Wildman–Crippen LogP) is 2.18. The highest BCUT2D eigenvalue weighted by Gasteiger charge is 2.16. The van der Waals surface area contributed by atoms with Gasteiger partial charge in [-0.15, -0.1) is 11.3 Å². The molecular formula is C11H10FNO3S2. The van der Waals surface area contributed by atoms with E-state index in [2.05, 4.69) is 4.72 Å². The first-order chi connectivity index (χ1) is 8.51. The van der Waals surface area contributed by atoms with Crippen LogP contribution in [-0.4, -0.2) is 13.5 Å². The van der Waals surface area contributed by atoms with Crippen molar-refractivity contribution in [3.63, 3.8) is 0 Å². The van der Waals surface area contributed by atoms with E-state index in [9.17, 15) is 12.8 Å². The van der Waals surface area contributed by atoms with Crippen LogP contribution >= 0.6 is 11.3 Å². The minimum absolute atomic E-state index is 0.0795. The Hall–Kier alpha value is -1.44. The van der Waals surface area contributed by atoms with Gasteiger partial charge in [-0.25, -0.2) is 12.8 Å². The number of nitrogens with one attached hydrogen (secondary N) is 1. The number of aliphatic hydroxyl groups excluding tert-OH is 1. The van der Waals surface area contributed by atoms with Crippen molar-refractivity contribution in [2.24, 2.45) is 0 Å². The van der Waals surface area contributed by atoms with E-state index in [4.69, 9.17) is 5.11 Å². The fraction of sp³-hybridized carbons (Fsp3) is 0.0909. The van der Waals surface area contributed by atoms with E-state index < -0.39 is 15.8 Å². The van der Waals surface area contributed by atoms with Gasteiger partial charge < -0.3 is 5.11 Å². The summed E-state index contributed by atoms with van der Waals surface area (Å²) in [6.45, 7) is -0.216. The van der Waals surface area contributed by atoms with Crippen molar-refractivity contribution in [1.29, 1.82) is 0 Å². The summed E-state index contributed by atoms with van der Waals surface area (Å²) in [6, 6.07) is 6.58. The summed E-state index contributed by atoms with van der Waals surface area (Å²) in [5.41, 5.74) is 0.688. The second-order valence-electron chi connectivity index (χ2n) is 3.55. The largest absolute Gasteiger partial charge is 0.392 e. The summed E-state index contributed by atoms with van der Waals surface area (Å²) < 4.78 is 39.2. The molecule has 0 aliphatic rings. The van der Waals surface area contributed by atoms with Gasteiger partial charge in [0, 0.05) is 0 Å². The molecule has 0 fully saturated rings. The molecule has 2 N–H and O–H groups in total. The van der Waals surface area contributed by atoms with Gasteiger partial charge in [-0.1, -0.05) is 6.07 Å². The van der Waals surface area contributed by atoms with E-state index in [0.29, 0.717) is 5.56 Å². The second kappa shape index (κ2) is 5.05. The first-order valence-electron chi connectivity index (χ1n) is 4.98. The molecule has 2 aromatic rings. The molecule has 0 amide bonds. The maximum absolute atomic E-state index is 12.9. The summed E-state index contributed by atoms with van der Waals surface area (Å²) in [7, 11) is -3.73. The van der Waals surface area contributed by atoms with Gasteiger partial charge in [0.05, 0.1) is 12.3 Å². The molecule has 1 heterocycles. The van der Waals surface area contributed by atoms with Gasteiger partial charge >= 0.3 is 0 Å². The van der Waals surface area contributed by atoms with Crippen molar-refractivity contribution in [2.75, 3.05) is 4.72 Å². The Morgan fingerprint density at radius 3 is 2.72 bits per heavy atom. The number of aliphatic hydroxyl groups is 1. The molecule has 2 rings (SSSR count). The van der Waals surface area contributed by atoms with Gasteiger partial charge in [-0.3, -0.25) is 4.72 Å². The highest BCUT2D eigenvalue weighted by atomic mass is 32.2. The maximum Gasteiger partial charge on any atom is 0.271 e. The predicted molar refractivity (Wildman–Crippen MR) is 67.5 cm³/mol. The van der Waals surface area contributed by atoms with Crippen molar-refractivity contribution in [1.82, 2.24) is 0 Å². The molecule has 0 saturated carbocycles. The Kier molecular flexibility index (Phi) is 3.65. The van der Waals surface area contributed by atoms with Gasteiger partial charge in [0.1, 0.15) is 10.0 Å². The zero-order chi connectivity index (χ0) is 13.2. The SMILES string of the molecule is O=S(=O)(Nc1cccc(F)c1)c1cc(CO)cs1. The fourth-order valence-electron chi connectivity index (χ4n) is 1.33. The van der Waals surface area contributed by atoms with Crippen LogP contribution in [0.3, 0.4) is 0 Å². The third-order valence-corrected chi connectivity index (χ3v) is 5.02. The van der Waals surface area contributed by atoms with E-state index in [1.54, 1.807) is 5.38 Å². The number of thiophene rings is 1. The Balaban J connectivity index is 2.27. The molecule has 0 spiro atoms. The van der Waals surface area contributed by atoms with Crippen LogP contribution in [0.5, 0.6) is 0 Å². The third kappa shape index (κ3) is 2.87. The number of rotatable bonds is 4. The Labute approximate surface area is 108 Å². The molecule has 1 aromatic heterocycles. The fourth-order valence-corrected chi connectivity index (χ4v) is 3.58. The average molecular weight is 287 g/mol. The molecular weight excluding hydrogens is 277 g/mol. The van der Waals surface area contributed by atoms with Crippen molar-refractivity contribution in [3.05, 3.63) is 47.1 Å². The molecule has 0 atom stereocenters. The van der Waals surface area contributed by atoms with Gasteiger partial charge in [-0.05, 0) is 35.2 Å². The molecule has 96 valence electrons. The summed E-state index contributed by atoms with van der Waals surface area (Å²) in [6.07, 6.45) is 0. The number of halogens is 1. The molecule has 0 aliphatic heterocycles. The molecule has 4 nitrogen and oxygen atoms in total. The first kappa shape index (κ1) is 13.0. The summed E-state index contributed by atoms with van der Waals surface area (Å²) >= 11 is 1.00. The van der Waals surface area contributed by atoms with Crippen molar-refractivity contribution < 1.29 is 17.9 Å². The number of benzene rings is 1. The standard InChI is InChI=1S/C11H10FNO3S2/c12-9-2-1-3-10(5-9)13-18(15,16)11-4-8(6-14)7-17-11/h1-5,7,13-14H,6H2. The lowest BCUT2D eigenvalue weighted by atomic mass is 10.3. The van der Waals surface area contributed by atoms with Gasteiger partial charge in [0.2, 0.25) is 0 Å². The van der Waals surface area contributed by atoms with Crippen LogP contribution in [-0.2, 0) is 16.6 Å². The molecule has 0 saturated heterocycles. The number of hydrogen-bond acceptors (Lipinski definition) is 4. The van der Waals surface area contributed by atoms with E-state index in [1.165, 1.54) is 24.3 Å². The number of anilines is 1. The lowest BCUT2D eigenvalue weighted by Gasteiger charge is -2.05. The minimum atomic E-state index is -3.73. The summed E-state index contributed by atoms with van der Waals surface area (Å²) in [5, 5.41) is 10.4. The van der Waals surface area contributed by atoms with E-state index in [1.807, 2.05) is 0 Å². The first-order valence-corrected chi connectivity index (χ1v) is 7.34. The van der Waals surface area contributed by atoms with Crippen molar-refractivity contribution in [3.8, 4) is 0 Å². The Bertz CT molecular complexity index is 652. The topological polar surface area (TPSA) is 66.4 Å². The van der Waals surface area contributed by atoms with Crippen LogP contribution in [0.15, 0.2) is 39.9 Å². The summed E-state index contributed by atoms with van der Waals surface area (Å²) in [5.74, 6) is -0.516. The molecule has 1 aromatic carbocycles. The van der Waals surface area contributed by atoms with Crippen LogP contribution in [0.2, 0.25) is 0 Å². The average Bonchev–Trinajstić information content (AvgIpc) is 2.77. The number of hydrogen-bond donors (Lipinski definition) is 2. The molecule has 0 bridgehead atoms. The van der Waals surface area contributed by atoms with E-state index in [0.717, 1.165) is 17.4 Å². The van der Waals surface area contributed by atoms with Crippen LogP contribution in [0.1, 0.15) is 5.56 Å². The van der Waals surface area contributed by atoms with Gasteiger partial charge in [0.15, 0.2) is 0 Å². The minimum Gasteiger partial charge on any atom is -0.392 e. The lowest BCUT2D eigenvalue weighted by molar-refractivity contribution is 0.282. The molecule has 18 heavy (non-hydrogen) atoms. The maximum atomic E-state index is 12.9. The smallest absolute Gasteiger partial charge is 0.271 e. The zero-order valence-electron chi connectivity index (χ0n) is 9.13. The van der Waals surface area contributed by atoms with Crippen LogP contribution in [0.4, 0.5) is 10.1 Å².